The van der Waals surface area contributed by atoms with Crippen LogP contribution < -0.4 is 5.32 Å². The molecule has 0 heterocycles. The summed E-state index contributed by atoms with van der Waals surface area (Å²) < 4.78 is 63.8. The first-order valence-corrected chi connectivity index (χ1v) is 6.17. The zero-order chi connectivity index (χ0) is 15.3. The van der Waals surface area contributed by atoms with Gasteiger partial charge in [0.1, 0.15) is 0 Å². The van der Waals surface area contributed by atoms with E-state index in [1.54, 1.807) is 6.92 Å². The molecule has 0 saturated heterocycles. The van der Waals surface area contributed by atoms with Crippen LogP contribution in [-0.2, 0) is 0 Å². The number of halogens is 5. The van der Waals surface area contributed by atoms with Crippen molar-refractivity contribution in [2.75, 3.05) is 26.7 Å². The van der Waals surface area contributed by atoms with Crippen molar-refractivity contribution in [1.82, 2.24) is 10.2 Å². The van der Waals surface area contributed by atoms with E-state index in [1.165, 1.54) is 19.2 Å². The zero-order valence-electron chi connectivity index (χ0n) is 11.3. The lowest BCUT2D eigenvalue weighted by Gasteiger charge is -2.26. The molecule has 0 spiro atoms. The highest BCUT2D eigenvalue weighted by atomic mass is 19.4. The number of alkyl halides is 3. The first-order chi connectivity index (χ1) is 9.24. The molecule has 0 aliphatic rings. The average molecular weight is 296 g/mol. The van der Waals surface area contributed by atoms with Crippen molar-refractivity contribution in [3.05, 3.63) is 35.4 Å². The van der Waals surface area contributed by atoms with E-state index >= 15 is 0 Å². The smallest absolute Gasteiger partial charge is 0.309 e. The average Bonchev–Trinajstić information content (AvgIpc) is 2.30. The van der Waals surface area contributed by atoms with Gasteiger partial charge in [0.15, 0.2) is 11.6 Å². The highest BCUT2D eigenvalue weighted by Crippen LogP contribution is 2.22. The molecule has 0 fully saturated rings. The molecule has 1 rings (SSSR count). The quantitative estimate of drug-likeness (QED) is 0.812. The van der Waals surface area contributed by atoms with Crippen LogP contribution in [0, 0.1) is 11.6 Å². The first kappa shape index (κ1) is 16.8. The molecule has 7 heteroatoms. The molecule has 1 aromatic carbocycles. The molecule has 20 heavy (non-hydrogen) atoms. The van der Waals surface area contributed by atoms with Crippen molar-refractivity contribution < 1.29 is 22.0 Å². The molecule has 0 amide bonds. The lowest BCUT2D eigenvalue weighted by Crippen LogP contribution is -2.38. The van der Waals surface area contributed by atoms with Gasteiger partial charge in [0.05, 0.1) is 6.54 Å². The van der Waals surface area contributed by atoms with E-state index < -0.39 is 30.4 Å². The summed E-state index contributed by atoms with van der Waals surface area (Å²) in [5.74, 6) is -2.04. The van der Waals surface area contributed by atoms with Gasteiger partial charge < -0.3 is 5.32 Å². The van der Waals surface area contributed by atoms with Crippen molar-refractivity contribution in [1.29, 1.82) is 0 Å². The fraction of sp³-hybridized carbons (Fsp3) is 0.538. The van der Waals surface area contributed by atoms with Gasteiger partial charge >= 0.3 is 6.18 Å². The first-order valence-electron chi connectivity index (χ1n) is 6.17. The third-order valence-electron chi connectivity index (χ3n) is 2.75. The van der Waals surface area contributed by atoms with Gasteiger partial charge in [0.2, 0.25) is 0 Å². The summed E-state index contributed by atoms with van der Waals surface area (Å²) in [5, 5.41) is 2.87. The van der Waals surface area contributed by atoms with Gasteiger partial charge in [0.25, 0.3) is 0 Å². The Morgan fingerprint density at radius 1 is 1.25 bits per heavy atom. The minimum absolute atomic E-state index is 0.0286. The number of nitrogens with one attached hydrogen (secondary N) is 1. The van der Waals surface area contributed by atoms with Crippen LogP contribution in [0.25, 0.3) is 0 Å². The van der Waals surface area contributed by atoms with Crippen LogP contribution in [0.3, 0.4) is 0 Å². The van der Waals surface area contributed by atoms with Crippen LogP contribution in [0.15, 0.2) is 18.2 Å². The molecule has 1 unspecified atom stereocenters. The Balaban J connectivity index is 2.86. The second-order valence-corrected chi connectivity index (χ2v) is 4.57. The molecule has 1 atom stereocenters. The second kappa shape index (κ2) is 6.99. The minimum Gasteiger partial charge on any atom is -0.309 e. The number of benzene rings is 1. The number of rotatable bonds is 6. The third-order valence-corrected chi connectivity index (χ3v) is 2.75. The largest absolute Gasteiger partial charge is 0.401 e. The zero-order valence-corrected chi connectivity index (χ0v) is 11.3. The van der Waals surface area contributed by atoms with Gasteiger partial charge in [-0.3, -0.25) is 4.90 Å². The Hall–Kier alpha value is -1.21. The maximum absolute atomic E-state index is 13.7. The summed E-state index contributed by atoms with van der Waals surface area (Å²) >= 11 is 0. The van der Waals surface area contributed by atoms with Crippen molar-refractivity contribution in [3.63, 3.8) is 0 Å². The Labute approximate surface area is 114 Å². The van der Waals surface area contributed by atoms with E-state index in [9.17, 15) is 22.0 Å². The molecule has 0 aliphatic carbocycles. The third kappa shape index (κ3) is 5.05. The Kier molecular flexibility index (Phi) is 5.88. The predicted molar refractivity (Wildman–Crippen MR) is 66.3 cm³/mol. The van der Waals surface area contributed by atoms with Crippen molar-refractivity contribution in [3.8, 4) is 0 Å². The van der Waals surface area contributed by atoms with E-state index in [4.69, 9.17) is 0 Å². The molecule has 0 saturated carbocycles. The van der Waals surface area contributed by atoms with Gasteiger partial charge in [-0.15, -0.1) is 0 Å². The summed E-state index contributed by atoms with van der Waals surface area (Å²) in [6.45, 7) is 0.994. The van der Waals surface area contributed by atoms with Gasteiger partial charge in [-0.25, -0.2) is 8.78 Å². The van der Waals surface area contributed by atoms with Gasteiger partial charge in [-0.1, -0.05) is 19.1 Å². The topological polar surface area (TPSA) is 15.3 Å². The van der Waals surface area contributed by atoms with Crippen LogP contribution in [0.2, 0.25) is 0 Å². The Bertz CT molecular complexity index is 433. The lowest BCUT2D eigenvalue weighted by atomic mass is 10.1. The SMILES string of the molecule is CCNC(CN(C)CC(F)(F)F)c1cccc(F)c1F. The molecule has 0 aromatic heterocycles. The van der Waals surface area contributed by atoms with Crippen molar-refractivity contribution in [2.45, 2.75) is 19.1 Å². The van der Waals surface area contributed by atoms with Crippen LogP contribution >= 0.6 is 0 Å². The summed E-state index contributed by atoms with van der Waals surface area (Å²) in [5.41, 5.74) is 0.0286. The number of nitrogens with zero attached hydrogens (tertiary/aromatic N) is 1. The van der Waals surface area contributed by atoms with E-state index in [1.807, 2.05) is 0 Å². The van der Waals surface area contributed by atoms with E-state index in [0.29, 0.717) is 6.54 Å². The van der Waals surface area contributed by atoms with Crippen molar-refractivity contribution >= 4 is 0 Å². The van der Waals surface area contributed by atoms with Crippen LogP contribution in [0.4, 0.5) is 22.0 Å². The normalized spacial score (nSPS) is 13.8. The molecule has 2 nitrogen and oxygen atoms in total. The lowest BCUT2D eigenvalue weighted by molar-refractivity contribution is -0.143. The summed E-state index contributed by atoms with van der Waals surface area (Å²) in [4.78, 5) is 1.03. The summed E-state index contributed by atoms with van der Waals surface area (Å²) in [7, 11) is 1.29. The molecule has 114 valence electrons. The molecule has 0 radical (unpaired) electrons. The predicted octanol–water partition coefficient (Wildman–Crippen LogP) is 3.11. The second-order valence-electron chi connectivity index (χ2n) is 4.57. The molecular formula is C13H17F5N2. The van der Waals surface area contributed by atoms with E-state index in [-0.39, 0.29) is 12.1 Å². The van der Waals surface area contributed by atoms with E-state index in [2.05, 4.69) is 5.32 Å². The maximum atomic E-state index is 13.7. The molecular weight excluding hydrogens is 279 g/mol. The number of hydrogen-bond acceptors (Lipinski definition) is 2. The summed E-state index contributed by atoms with van der Waals surface area (Å²) in [6, 6.07) is 2.97. The van der Waals surface area contributed by atoms with Gasteiger partial charge in [-0.05, 0) is 19.7 Å². The van der Waals surface area contributed by atoms with Crippen molar-refractivity contribution in [2.24, 2.45) is 0 Å². The fourth-order valence-electron chi connectivity index (χ4n) is 1.99. The highest BCUT2D eigenvalue weighted by Gasteiger charge is 2.30. The highest BCUT2D eigenvalue weighted by molar-refractivity contribution is 5.23. The monoisotopic (exact) mass is 296 g/mol. The fourth-order valence-corrected chi connectivity index (χ4v) is 1.99. The maximum Gasteiger partial charge on any atom is 0.401 e. The van der Waals surface area contributed by atoms with Gasteiger partial charge in [0, 0.05) is 18.2 Å². The van der Waals surface area contributed by atoms with Crippen LogP contribution in [0.1, 0.15) is 18.5 Å². The standard InChI is InChI=1S/C13H17F5N2/c1-3-19-11(7-20(2)8-13(16,17)18)9-5-4-6-10(14)12(9)15/h4-6,11,19H,3,7-8H2,1-2H3. The molecule has 1 aromatic rings. The minimum atomic E-state index is -4.33. The van der Waals surface area contributed by atoms with E-state index in [0.717, 1.165) is 11.0 Å². The number of hydrogen-bond donors (Lipinski definition) is 1. The van der Waals surface area contributed by atoms with Crippen LogP contribution in [0.5, 0.6) is 0 Å². The molecule has 1 N–H and O–H groups in total. The molecule has 0 aliphatic heterocycles. The Morgan fingerprint density at radius 2 is 1.90 bits per heavy atom. The molecule has 0 bridgehead atoms. The number of likely N-dealkylation sites (N-methyl/N-ethyl adjacent to an activating group) is 2. The van der Waals surface area contributed by atoms with Gasteiger partial charge in [-0.2, -0.15) is 13.2 Å². The Morgan fingerprint density at radius 3 is 2.45 bits per heavy atom. The summed E-state index contributed by atoms with van der Waals surface area (Å²) in [6.07, 6.45) is -4.33. The van der Waals surface area contributed by atoms with Crippen LogP contribution in [-0.4, -0.2) is 37.8 Å².